The highest BCUT2D eigenvalue weighted by molar-refractivity contribution is 7.90. The number of carbonyl (C=O) groups is 2. The lowest BCUT2D eigenvalue weighted by Crippen LogP contribution is -2.23. The zero-order chi connectivity index (χ0) is 22.4. The minimum atomic E-state index is -3.38. The summed E-state index contributed by atoms with van der Waals surface area (Å²) in [6.45, 7) is 1.85. The Morgan fingerprint density at radius 3 is 2.55 bits per heavy atom. The molecule has 3 rings (SSSR count). The summed E-state index contributed by atoms with van der Waals surface area (Å²) in [4.78, 5) is 29.3. The van der Waals surface area contributed by atoms with Crippen molar-refractivity contribution in [2.75, 3.05) is 12.9 Å². The molecule has 9 heteroatoms. The Labute approximate surface area is 184 Å². The minimum Gasteiger partial charge on any atom is -0.465 e. The molecule has 0 saturated heterocycles. The zero-order valence-electron chi connectivity index (χ0n) is 17.4. The molecule has 1 heterocycles. The SMILES string of the molecule is CCOC(=O)Cn1c(=NC(=O)CCCc2ccccc2)sc2cc(S(C)(=O)=O)ccc21. The summed E-state index contributed by atoms with van der Waals surface area (Å²) in [6, 6.07) is 14.5. The fraction of sp³-hybridized carbons (Fsp3) is 0.318. The molecule has 0 N–H and O–H groups in total. The Kier molecular flexibility index (Phi) is 7.40. The van der Waals surface area contributed by atoms with Gasteiger partial charge in [-0.05, 0) is 43.5 Å². The number of amides is 1. The molecule has 0 unspecified atom stereocenters. The smallest absolute Gasteiger partial charge is 0.326 e. The molecular formula is C22H24N2O5S2. The number of sulfone groups is 1. The topological polar surface area (TPSA) is 94.8 Å². The van der Waals surface area contributed by atoms with E-state index in [1.165, 1.54) is 23.5 Å². The van der Waals surface area contributed by atoms with Gasteiger partial charge in [-0.15, -0.1) is 0 Å². The third kappa shape index (κ3) is 6.11. The summed E-state index contributed by atoms with van der Waals surface area (Å²) >= 11 is 1.18. The Bertz CT molecular complexity index is 1260. The lowest BCUT2D eigenvalue weighted by atomic mass is 10.1. The molecule has 0 aliphatic heterocycles. The van der Waals surface area contributed by atoms with Crippen LogP contribution in [0.3, 0.4) is 0 Å². The van der Waals surface area contributed by atoms with Gasteiger partial charge in [0.25, 0.3) is 0 Å². The number of carbonyl (C=O) groups excluding carboxylic acids is 2. The Balaban J connectivity index is 1.90. The van der Waals surface area contributed by atoms with E-state index < -0.39 is 15.8 Å². The Morgan fingerprint density at radius 1 is 1.13 bits per heavy atom. The molecule has 0 bridgehead atoms. The lowest BCUT2D eigenvalue weighted by molar-refractivity contribution is -0.143. The molecule has 0 aliphatic carbocycles. The van der Waals surface area contributed by atoms with E-state index in [1.54, 1.807) is 17.6 Å². The molecule has 0 radical (unpaired) electrons. The van der Waals surface area contributed by atoms with E-state index in [0.29, 0.717) is 21.4 Å². The van der Waals surface area contributed by atoms with E-state index in [9.17, 15) is 18.0 Å². The number of thiazole rings is 1. The van der Waals surface area contributed by atoms with Crippen LogP contribution in [-0.2, 0) is 37.1 Å². The van der Waals surface area contributed by atoms with Crippen LogP contribution in [-0.4, -0.2) is 37.7 Å². The molecule has 164 valence electrons. The third-order valence-electron chi connectivity index (χ3n) is 4.59. The number of ether oxygens (including phenoxy) is 1. The maximum Gasteiger partial charge on any atom is 0.326 e. The van der Waals surface area contributed by atoms with Crippen LogP contribution in [0, 0.1) is 0 Å². The molecule has 31 heavy (non-hydrogen) atoms. The van der Waals surface area contributed by atoms with Crippen molar-refractivity contribution >= 4 is 43.3 Å². The number of fused-ring (bicyclic) bond motifs is 1. The molecule has 7 nitrogen and oxygen atoms in total. The first-order valence-corrected chi connectivity index (χ1v) is 12.6. The Hall–Kier alpha value is -2.78. The fourth-order valence-corrected chi connectivity index (χ4v) is 4.92. The standard InChI is InChI=1S/C22H24N2O5S2/c1-3-29-21(26)15-24-18-13-12-17(31(2,27)28)14-19(18)30-22(24)23-20(25)11-7-10-16-8-5-4-6-9-16/h4-6,8-9,12-14H,3,7,10-11,15H2,1-2H3. The first-order valence-electron chi connectivity index (χ1n) is 9.88. The highest BCUT2D eigenvalue weighted by Crippen LogP contribution is 2.22. The molecule has 0 atom stereocenters. The molecule has 0 spiro atoms. The van der Waals surface area contributed by atoms with Gasteiger partial charge in [-0.25, -0.2) is 8.42 Å². The first-order chi connectivity index (χ1) is 14.8. The van der Waals surface area contributed by atoms with Crippen LogP contribution in [0.4, 0.5) is 0 Å². The van der Waals surface area contributed by atoms with Crippen molar-refractivity contribution in [3.8, 4) is 0 Å². The van der Waals surface area contributed by atoms with E-state index in [0.717, 1.165) is 18.2 Å². The largest absolute Gasteiger partial charge is 0.465 e. The number of nitrogens with zero attached hydrogens (tertiary/aromatic N) is 2. The number of hydrogen-bond donors (Lipinski definition) is 0. The average Bonchev–Trinajstić information content (AvgIpc) is 3.04. The number of aryl methyl sites for hydroxylation is 1. The number of esters is 1. The lowest BCUT2D eigenvalue weighted by Gasteiger charge is -2.05. The number of rotatable bonds is 8. The van der Waals surface area contributed by atoms with Crippen molar-refractivity contribution in [2.24, 2.45) is 4.99 Å². The first kappa shape index (κ1) is 22.9. The van der Waals surface area contributed by atoms with Gasteiger partial charge in [0.15, 0.2) is 14.6 Å². The van der Waals surface area contributed by atoms with Crippen molar-refractivity contribution in [3.63, 3.8) is 0 Å². The third-order valence-corrected chi connectivity index (χ3v) is 6.75. The number of benzene rings is 2. The van der Waals surface area contributed by atoms with Gasteiger partial charge in [0.05, 0.1) is 21.7 Å². The molecule has 2 aromatic carbocycles. The van der Waals surface area contributed by atoms with Gasteiger partial charge < -0.3 is 9.30 Å². The van der Waals surface area contributed by atoms with Crippen LogP contribution in [0.5, 0.6) is 0 Å². The van der Waals surface area contributed by atoms with Crippen LogP contribution >= 0.6 is 11.3 Å². The van der Waals surface area contributed by atoms with Gasteiger partial charge in [-0.3, -0.25) is 9.59 Å². The van der Waals surface area contributed by atoms with Crippen LogP contribution in [0.2, 0.25) is 0 Å². The van der Waals surface area contributed by atoms with Crippen molar-refractivity contribution < 1.29 is 22.7 Å². The van der Waals surface area contributed by atoms with Crippen molar-refractivity contribution in [2.45, 2.75) is 37.6 Å². The van der Waals surface area contributed by atoms with Gasteiger partial charge >= 0.3 is 5.97 Å². The van der Waals surface area contributed by atoms with Gasteiger partial charge in [0.1, 0.15) is 6.54 Å². The van der Waals surface area contributed by atoms with Gasteiger partial charge in [0, 0.05) is 12.7 Å². The normalized spacial score (nSPS) is 12.3. The summed E-state index contributed by atoms with van der Waals surface area (Å²) in [5, 5.41) is 0. The van der Waals surface area contributed by atoms with Gasteiger partial charge in [-0.2, -0.15) is 4.99 Å². The molecule has 1 amide bonds. The second-order valence-electron chi connectivity index (χ2n) is 7.02. The summed E-state index contributed by atoms with van der Waals surface area (Å²) in [5.41, 5.74) is 1.78. The van der Waals surface area contributed by atoms with E-state index in [1.807, 2.05) is 30.3 Å². The van der Waals surface area contributed by atoms with Crippen molar-refractivity contribution in [3.05, 3.63) is 58.9 Å². The molecular weight excluding hydrogens is 436 g/mol. The van der Waals surface area contributed by atoms with Crippen LogP contribution in [0.15, 0.2) is 58.4 Å². The second-order valence-corrected chi connectivity index (χ2v) is 10.0. The summed E-state index contributed by atoms with van der Waals surface area (Å²) in [6.07, 6.45) is 2.84. The highest BCUT2D eigenvalue weighted by atomic mass is 32.2. The minimum absolute atomic E-state index is 0.109. The predicted octanol–water partition coefficient (Wildman–Crippen LogP) is 3.12. The van der Waals surface area contributed by atoms with Crippen LogP contribution < -0.4 is 4.80 Å². The predicted molar refractivity (Wildman–Crippen MR) is 120 cm³/mol. The molecule has 0 aliphatic rings. The molecule has 1 aromatic heterocycles. The average molecular weight is 461 g/mol. The maximum absolute atomic E-state index is 12.5. The summed E-state index contributed by atoms with van der Waals surface area (Å²) in [7, 11) is -3.38. The van der Waals surface area contributed by atoms with Crippen molar-refractivity contribution in [1.29, 1.82) is 0 Å². The van der Waals surface area contributed by atoms with Crippen LogP contribution in [0.25, 0.3) is 10.2 Å². The highest BCUT2D eigenvalue weighted by Gasteiger charge is 2.15. The second kappa shape index (κ2) is 10.0. The van der Waals surface area contributed by atoms with E-state index in [2.05, 4.69) is 4.99 Å². The summed E-state index contributed by atoms with van der Waals surface area (Å²) in [5.74, 6) is -0.740. The molecule has 0 saturated carbocycles. The molecule has 3 aromatic rings. The van der Waals surface area contributed by atoms with E-state index >= 15 is 0 Å². The van der Waals surface area contributed by atoms with E-state index in [4.69, 9.17) is 4.74 Å². The number of aromatic nitrogens is 1. The maximum atomic E-state index is 12.5. The quantitative estimate of drug-likeness (QED) is 0.482. The van der Waals surface area contributed by atoms with Gasteiger partial charge in [-0.1, -0.05) is 41.7 Å². The Morgan fingerprint density at radius 2 is 1.87 bits per heavy atom. The van der Waals surface area contributed by atoms with E-state index in [-0.39, 0.29) is 30.4 Å². The van der Waals surface area contributed by atoms with Crippen LogP contribution in [0.1, 0.15) is 25.3 Å². The van der Waals surface area contributed by atoms with Gasteiger partial charge in [0.2, 0.25) is 5.91 Å². The van der Waals surface area contributed by atoms with Crippen molar-refractivity contribution in [1.82, 2.24) is 4.57 Å². The zero-order valence-corrected chi connectivity index (χ0v) is 19.0. The monoisotopic (exact) mass is 460 g/mol. The number of hydrogen-bond acceptors (Lipinski definition) is 6. The molecule has 0 fully saturated rings. The fourth-order valence-electron chi connectivity index (χ4n) is 3.11. The summed E-state index contributed by atoms with van der Waals surface area (Å²) < 4.78 is 31.0.